The van der Waals surface area contributed by atoms with Crippen LogP contribution in [0, 0.1) is 13.8 Å². The first kappa shape index (κ1) is 17.5. The second-order valence-corrected chi connectivity index (χ2v) is 7.34. The predicted molar refractivity (Wildman–Crippen MR) is 82.8 cm³/mol. The number of carbonyl (C=O) groups is 2. The summed E-state index contributed by atoms with van der Waals surface area (Å²) < 4.78 is 5.32. The number of aliphatic carboxylic acids is 1. The number of aryl methyl sites for hydroxylation is 2. The van der Waals surface area contributed by atoms with Gasteiger partial charge < -0.3 is 9.84 Å². The fourth-order valence-electron chi connectivity index (χ4n) is 2.09. The van der Waals surface area contributed by atoms with Crippen LogP contribution in [0.25, 0.3) is 0 Å². The molecular weight excluding hydrogens is 290 g/mol. The van der Waals surface area contributed by atoms with Crippen molar-refractivity contribution in [1.29, 1.82) is 0 Å². The van der Waals surface area contributed by atoms with Gasteiger partial charge in [-0.3, -0.25) is 4.90 Å². The Kier molecular flexibility index (Phi) is 5.39. The number of nitrogens with zero attached hydrogens (tertiary/aromatic N) is 1. The molecule has 0 saturated carbocycles. The molecule has 0 aromatic carbocycles. The SMILES string of the molecule is CCN(C(=O)OC(C)(C)C)C(C(=O)O)c1cc(C)sc1C. The second-order valence-electron chi connectivity index (χ2n) is 5.88. The zero-order valence-electron chi connectivity index (χ0n) is 13.4. The van der Waals surface area contributed by atoms with Crippen LogP contribution in [0.15, 0.2) is 6.07 Å². The monoisotopic (exact) mass is 313 g/mol. The van der Waals surface area contributed by atoms with Crippen LogP contribution in [0.4, 0.5) is 4.79 Å². The molecule has 1 unspecified atom stereocenters. The van der Waals surface area contributed by atoms with E-state index in [9.17, 15) is 14.7 Å². The Balaban J connectivity index is 3.16. The Morgan fingerprint density at radius 3 is 2.29 bits per heavy atom. The molecule has 0 saturated heterocycles. The van der Waals surface area contributed by atoms with Crippen molar-refractivity contribution in [3.05, 3.63) is 21.4 Å². The van der Waals surface area contributed by atoms with Crippen molar-refractivity contribution >= 4 is 23.4 Å². The van der Waals surface area contributed by atoms with E-state index in [0.29, 0.717) is 5.56 Å². The maximum atomic E-state index is 12.3. The molecule has 0 bridgehead atoms. The van der Waals surface area contributed by atoms with E-state index < -0.39 is 23.7 Å². The highest BCUT2D eigenvalue weighted by Gasteiger charge is 2.34. The minimum absolute atomic E-state index is 0.264. The maximum absolute atomic E-state index is 12.3. The smallest absolute Gasteiger partial charge is 0.411 e. The molecule has 1 heterocycles. The van der Waals surface area contributed by atoms with Gasteiger partial charge in [0.15, 0.2) is 6.04 Å². The third-order valence-corrected chi connectivity index (χ3v) is 3.87. The van der Waals surface area contributed by atoms with Crippen molar-refractivity contribution in [1.82, 2.24) is 4.90 Å². The number of likely N-dealkylation sites (N-methyl/N-ethyl adjacent to an activating group) is 1. The number of rotatable bonds is 4. The van der Waals surface area contributed by atoms with Gasteiger partial charge in [-0.15, -0.1) is 11.3 Å². The van der Waals surface area contributed by atoms with E-state index in [1.165, 1.54) is 16.2 Å². The van der Waals surface area contributed by atoms with E-state index in [0.717, 1.165) is 9.75 Å². The number of ether oxygens (including phenoxy) is 1. The molecule has 0 radical (unpaired) electrons. The molecule has 0 aliphatic carbocycles. The molecule has 0 spiro atoms. The summed E-state index contributed by atoms with van der Waals surface area (Å²) in [5, 5.41) is 9.56. The van der Waals surface area contributed by atoms with Crippen molar-refractivity contribution < 1.29 is 19.4 Å². The van der Waals surface area contributed by atoms with Crippen molar-refractivity contribution in [2.75, 3.05) is 6.54 Å². The molecule has 1 rings (SSSR count). The van der Waals surface area contributed by atoms with Gasteiger partial charge in [0.25, 0.3) is 0 Å². The van der Waals surface area contributed by atoms with Gasteiger partial charge in [0.05, 0.1) is 0 Å². The van der Waals surface area contributed by atoms with Crippen LogP contribution in [0.3, 0.4) is 0 Å². The van der Waals surface area contributed by atoms with Crippen molar-refractivity contribution in [2.24, 2.45) is 0 Å². The molecule has 0 aliphatic rings. The lowest BCUT2D eigenvalue weighted by Gasteiger charge is -2.30. The van der Waals surface area contributed by atoms with E-state index >= 15 is 0 Å². The van der Waals surface area contributed by atoms with E-state index in [1.807, 2.05) is 19.9 Å². The number of carboxylic acids is 1. The van der Waals surface area contributed by atoms with Crippen LogP contribution in [-0.2, 0) is 9.53 Å². The van der Waals surface area contributed by atoms with Crippen molar-refractivity contribution in [3.63, 3.8) is 0 Å². The van der Waals surface area contributed by atoms with Crippen molar-refractivity contribution in [3.8, 4) is 0 Å². The lowest BCUT2D eigenvalue weighted by molar-refractivity contribution is -0.143. The van der Waals surface area contributed by atoms with Gasteiger partial charge >= 0.3 is 12.1 Å². The Hall–Kier alpha value is -1.56. The lowest BCUT2D eigenvalue weighted by Crippen LogP contribution is -2.42. The molecule has 1 atom stereocenters. The molecule has 1 N–H and O–H groups in total. The quantitative estimate of drug-likeness (QED) is 0.919. The third kappa shape index (κ3) is 4.46. The second kappa shape index (κ2) is 6.47. The molecule has 118 valence electrons. The molecule has 5 nitrogen and oxygen atoms in total. The molecule has 1 aromatic rings. The Bertz CT molecular complexity index is 530. The standard InChI is InChI=1S/C15H23NO4S/c1-7-16(14(19)20-15(4,5)6)12(13(17)18)11-8-9(2)21-10(11)3/h8,12H,7H2,1-6H3,(H,17,18). The van der Waals surface area contributed by atoms with Gasteiger partial charge in [-0.1, -0.05) is 0 Å². The van der Waals surface area contributed by atoms with Crippen LogP contribution < -0.4 is 0 Å². The fraction of sp³-hybridized carbons (Fsp3) is 0.600. The highest BCUT2D eigenvalue weighted by Crippen LogP contribution is 2.31. The fourth-order valence-corrected chi connectivity index (χ4v) is 3.05. The summed E-state index contributed by atoms with van der Waals surface area (Å²) in [6.45, 7) is 11.1. The van der Waals surface area contributed by atoms with Crippen LogP contribution >= 0.6 is 11.3 Å². The van der Waals surface area contributed by atoms with Gasteiger partial charge in [-0.05, 0) is 53.2 Å². The van der Waals surface area contributed by atoms with Crippen LogP contribution in [0.2, 0.25) is 0 Å². The van der Waals surface area contributed by atoms with Gasteiger partial charge in [0.2, 0.25) is 0 Å². The lowest BCUT2D eigenvalue weighted by atomic mass is 10.1. The van der Waals surface area contributed by atoms with Gasteiger partial charge in [-0.2, -0.15) is 0 Å². The summed E-state index contributed by atoms with van der Waals surface area (Å²) in [6.07, 6.45) is -0.611. The van der Waals surface area contributed by atoms with E-state index in [2.05, 4.69) is 0 Å². The summed E-state index contributed by atoms with van der Waals surface area (Å²) in [6, 6.07) is 0.807. The number of thiophene rings is 1. The first-order valence-electron chi connectivity index (χ1n) is 6.86. The minimum Gasteiger partial charge on any atom is -0.479 e. The maximum Gasteiger partial charge on any atom is 0.411 e. The van der Waals surface area contributed by atoms with Crippen LogP contribution in [0.1, 0.15) is 49.1 Å². The number of hydrogen-bond acceptors (Lipinski definition) is 4. The first-order valence-corrected chi connectivity index (χ1v) is 7.67. The minimum atomic E-state index is -1.05. The number of amides is 1. The Morgan fingerprint density at radius 1 is 1.38 bits per heavy atom. The molecule has 1 amide bonds. The summed E-state index contributed by atoms with van der Waals surface area (Å²) in [5.41, 5.74) is -0.00890. The molecule has 0 fully saturated rings. The molecular formula is C15H23NO4S. The first-order chi connectivity index (χ1) is 9.56. The Labute approximate surface area is 129 Å². The van der Waals surface area contributed by atoms with Crippen molar-refractivity contribution in [2.45, 2.75) is 53.2 Å². The zero-order valence-corrected chi connectivity index (χ0v) is 14.2. The van der Waals surface area contributed by atoms with Gasteiger partial charge in [0.1, 0.15) is 5.60 Å². The van der Waals surface area contributed by atoms with Gasteiger partial charge in [0, 0.05) is 16.3 Å². The summed E-state index contributed by atoms with van der Waals surface area (Å²) in [5.74, 6) is -1.05. The molecule has 1 aromatic heterocycles. The third-order valence-electron chi connectivity index (χ3n) is 2.89. The Morgan fingerprint density at radius 2 is 1.95 bits per heavy atom. The average molecular weight is 313 g/mol. The summed E-state index contributed by atoms with van der Waals surface area (Å²) in [7, 11) is 0. The molecule has 0 aliphatic heterocycles. The summed E-state index contributed by atoms with van der Waals surface area (Å²) in [4.78, 5) is 27.1. The van der Waals surface area contributed by atoms with Crippen LogP contribution in [-0.4, -0.2) is 34.2 Å². The highest BCUT2D eigenvalue weighted by molar-refractivity contribution is 7.12. The van der Waals surface area contributed by atoms with Gasteiger partial charge in [-0.25, -0.2) is 9.59 Å². The number of carbonyl (C=O) groups excluding carboxylic acids is 1. The zero-order chi connectivity index (χ0) is 16.4. The molecule has 21 heavy (non-hydrogen) atoms. The average Bonchev–Trinajstić information content (AvgIpc) is 2.61. The number of hydrogen-bond donors (Lipinski definition) is 1. The highest BCUT2D eigenvalue weighted by atomic mass is 32.1. The van der Waals surface area contributed by atoms with Crippen LogP contribution in [0.5, 0.6) is 0 Å². The molecule has 6 heteroatoms. The van der Waals surface area contributed by atoms with E-state index in [4.69, 9.17) is 4.74 Å². The normalized spacial score (nSPS) is 12.9. The largest absolute Gasteiger partial charge is 0.479 e. The van der Waals surface area contributed by atoms with E-state index in [1.54, 1.807) is 27.7 Å². The topological polar surface area (TPSA) is 66.8 Å². The predicted octanol–water partition coefficient (Wildman–Crippen LogP) is 3.75. The summed E-state index contributed by atoms with van der Waals surface area (Å²) >= 11 is 1.53. The number of carboxylic acid groups (broad SMARTS) is 1. The van der Waals surface area contributed by atoms with E-state index in [-0.39, 0.29) is 6.54 Å².